The predicted octanol–water partition coefficient (Wildman–Crippen LogP) is 1.42. The molecule has 5 nitrogen and oxygen atoms in total. The van der Waals surface area contributed by atoms with Crippen molar-refractivity contribution in [1.82, 2.24) is 8.87 Å². The molecule has 0 aromatic carbocycles. The quantitative estimate of drug-likeness (QED) is 0.564. The van der Waals surface area contributed by atoms with E-state index in [9.17, 15) is 8.42 Å². The molecule has 0 aliphatic heterocycles. The van der Waals surface area contributed by atoms with Gasteiger partial charge in [0.1, 0.15) is 4.90 Å². The maximum atomic E-state index is 12.2. The number of rotatable bonds is 7. The zero-order chi connectivity index (χ0) is 13.8. The highest BCUT2D eigenvalue weighted by molar-refractivity contribution is 7.89. The minimum atomic E-state index is -3.46. The Kier molecular flexibility index (Phi) is 5.65. The molecular formula is C11H19ClN2O3S. The van der Waals surface area contributed by atoms with Gasteiger partial charge in [-0.25, -0.2) is 8.42 Å². The number of ether oxygens (including phenoxy) is 1. The molecule has 0 saturated heterocycles. The zero-order valence-corrected chi connectivity index (χ0v) is 12.5. The second kappa shape index (κ2) is 6.56. The van der Waals surface area contributed by atoms with Crippen LogP contribution in [-0.4, -0.2) is 44.1 Å². The van der Waals surface area contributed by atoms with Gasteiger partial charge in [-0.1, -0.05) is 0 Å². The third kappa shape index (κ3) is 3.47. The molecule has 0 fully saturated rings. The molecule has 0 radical (unpaired) electrons. The van der Waals surface area contributed by atoms with Gasteiger partial charge in [-0.2, -0.15) is 4.31 Å². The van der Waals surface area contributed by atoms with Crippen molar-refractivity contribution in [1.29, 1.82) is 0 Å². The number of sulfonamides is 1. The van der Waals surface area contributed by atoms with E-state index in [0.29, 0.717) is 19.8 Å². The first kappa shape index (κ1) is 15.5. The minimum absolute atomic E-state index is 0.264. The molecule has 0 unspecified atom stereocenters. The van der Waals surface area contributed by atoms with Gasteiger partial charge in [-0.15, -0.1) is 11.6 Å². The minimum Gasteiger partial charge on any atom is -0.380 e. The van der Waals surface area contributed by atoms with Gasteiger partial charge in [-0.05, 0) is 13.0 Å². The monoisotopic (exact) mass is 294 g/mol. The first-order valence-corrected chi connectivity index (χ1v) is 7.66. The average molecular weight is 295 g/mol. The first-order valence-electron chi connectivity index (χ1n) is 5.68. The molecule has 0 amide bonds. The van der Waals surface area contributed by atoms with E-state index in [4.69, 9.17) is 16.3 Å². The number of halogens is 1. The largest absolute Gasteiger partial charge is 0.380 e. The van der Waals surface area contributed by atoms with Gasteiger partial charge in [-0.3, -0.25) is 0 Å². The van der Waals surface area contributed by atoms with E-state index in [2.05, 4.69) is 0 Å². The Morgan fingerprint density at radius 1 is 1.50 bits per heavy atom. The summed E-state index contributed by atoms with van der Waals surface area (Å²) in [5, 5.41) is 0. The van der Waals surface area contributed by atoms with Crippen molar-refractivity contribution in [3.63, 3.8) is 0 Å². The fourth-order valence-corrected chi connectivity index (χ4v) is 3.01. The summed E-state index contributed by atoms with van der Waals surface area (Å²) in [6, 6.07) is 1.60. The molecule has 0 aliphatic carbocycles. The standard InChI is InChI=1S/C11H19ClN2O3S/c1-4-17-6-5-14(3)18(15,16)11-7-10(8-12)13(2)9-11/h7,9H,4-6,8H2,1-3H3. The van der Waals surface area contributed by atoms with Crippen LogP contribution in [0, 0.1) is 0 Å². The molecule has 18 heavy (non-hydrogen) atoms. The first-order chi connectivity index (χ1) is 8.43. The molecule has 1 aromatic rings. The SMILES string of the molecule is CCOCCN(C)S(=O)(=O)c1cc(CCl)n(C)c1. The summed E-state index contributed by atoms with van der Waals surface area (Å²) >= 11 is 5.73. The number of hydrogen-bond acceptors (Lipinski definition) is 3. The van der Waals surface area contributed by atoms with E-state index in [0.717, 1.165) is 5.69 Å². The van der Waals surface area contributed by atoms with Crippen LogP contribution >= 0.6 is 11.6 Å². The van der Waals surface area contributed by atoms with Gasteiger partial charge in [0.2, 0.25) is 10.0 Å². The average Bonchev–Trinajstić information content (AvgIpc) is 2.71. The molecule has 0 bridgehead atoms. The van der Waals surface area contributed by atoms with Crippen molar-refractivity contribution in [2.75, 3.05) is 26.8 Å². The lowest BCUT2D eigenvalue weighted by atomic mass is 10.5. The summed E-state index contributed by atoms with van der Waals surface area (Å²) in [7, 11) is -0.139. The Bertz CT molecular complexity index is 484. The van der Waals surface area contributed by atoms with Crippen LogP contribution in [0.2, 0.25) is 0 Å². The normalized spacial score (nSPS) is 12.3. The van der Waals surface area contributed by atoms with Gasteiger partial charge in [0.15, 0.2) is 0 Å². The van der Waals surface area contributed by atoms with E-state index in [1.165, 1.54) is 4.31 Å². The smallest absolute Gasteiger partial charge is 0.244 e. The molecule has 104 valence electrons. The van der Waals surface area contributed by atoms with Crippen LogP contribution in [-0.2, 0) is 27.7 Å². The van der Waals surface area contributed by atoms with Crippen LogP contribution < -0.4 is 0 Å². The van der Waals surface area contributed by atoms with Crippen LogP contribution in [0.5, 0.6) is 0 Å². The van der Waals surface area contributed by atoms with Gasteiger partial charge in [0.05, 0.1) is 12.5 Å². The Labute approximate surface area is 113 Å². The van der Waals surface area contributed by atoms with Crippen LogP contribution in [0.3, 0.4) is 0 Å². The lowest BCUT2D eigenvalue weighted by molar-refractivity contribution is 0.138. The third-order valence-electron chi connectivity index (χ3n) is 2.68. The highest BCUT2D eigenvalue weighted by Gasteiger charge is 2.22. The maximum Gasteiger partial charge on any atom is 0.244 e. The molecule has 0 aliphatic rings. The molecule has 1 rings (SSSR count). The number of nitrogens with zero attached hydrogens (tertiary/aromatic N) is 2. The Morgan fingerprint density at radius 2 is 2.17 bits per heavy atom. The van der Waals surface area contributed by atoms with Crippen molar-refractivity contribution in [3.8, 4) is 0 Å². The predicted molar refractivity (Wildman–Crippen MR) is 71.3 cm³/mol. The van der Waals surface area contributed by atoms with Crippen molar-refractivity contribution >= 4 is 21.6 Å². The van der Waals surface area contributed by atoms with Crippen molar-refractivity contribution in [2.24, 2.45) is 7.05 Å². The lowest BCUT2D eigenvalue weighted by Gasteiger charge is -2.15. The summed E-state index contributed by atoms with van der Waals surface area (Å²) in [5.41, 5.74) is 0.772. The lowest BCUT2D eigenvalue weighted by Crippen LogP contribution is -2.30. The maximum absolute atomic E-state index is 12.2. The topological polar surface area (TPSA) is 51.5 Å². The summed E-state index contributed by atoms with van der Waals surface area (Å²) in [6.07, 6.45) is 1.57. The summed E-state index contributed by atoms with van der Waals surface area (Å²) in [5.74, 6) is 0.286. The number of alkyl halides is 1. The molecule has 0 spiro atoms. The molecule has 1 heterocycles. The van der Waals surface area contributed by atoms with Crippen molar-refractivity contribution < 1.29 is 13.2 Å². The number of hydrogen-bond donors (Lipinski definition) is 0. The van der Waals surface area contributed by atoms with E-state index in [1.807, 2.05) is 6.92 Å². The van der Waals surface area contributed by atoms with Crippen LogP contribution in [0.15, 0.2) is 17.2 Å². The van der Waals surface area contributed by atoms with Gasteiger partial charge < -0.3 is 9.30 Å². The van der Waals surface area contributed by atoms with E-state index < -0.39 is 10.0 Å². The summed E-state index contributed by atoms with van der Waals surface area (Å²) < 4.78 is 32.6. The van der Waals surface area contributed by atoms with Crippen LogP contribution in [0.1, 0.15) is 12.6 Å². The number of aromatic nitrogens is 1. The van der Waals surface area contributed by atoms with Crippen molar-refractivity contribution in [3.05, 3.63) is 18.0 Å². The molecular weight excluding hydrogens is 276 g/mol. The highest BCUT2D eigenvalue weighted by Crippen LogP contribution is 2.18. The van der Waals surface area contributed by atoms with E-state index >= 15 is 0 Å². The zero-order valence-electron chi connectivity index (χ0n) is 10.9. The van der Waals surface area contributed by atoms with Crippen LogP contribution in [0.25, 0.3) is 0 Å². The summed E-state index contributed by atoms with van der Waals surface area (Å²) in [4.78, 5) is 0.264. The Balaban J connectivity index is 2.84. The van der Waals surface area contributed by atoms with E-state index in [-0.39, 0.29) is 10.8 Å². The highest BCUT2D eigenvalue weighted by atomic mass is 35.5. The molecule has 0 saturated carbocycles. The van der Waals surface area contributed by atoms with Gasteiger partial charge in [0, 0.05) is 39.1 Å². The second-order valence-corrected chi connectivity index (χ2v) is 6.25. The molecule has 0 N–H and O–H groups in total. The van der Waals surface area contributed by atoms with Crippen LogP contribution in [0.4, 0.5) is 0 Å². The van der Waals surface area contributed by atoms with Gasteiger partial charge >= 0.3 is 0 Å². The van der Waals surface area contributed by atoms with E-state index in [1.54, 1.807) is 30.9 Å². The van der Waals surface area contributed by atoms with Crippen molar-refractivity contribution in [2.45, 2.75) is 17.7 Å². The fraction of sp³-hybridized carbons (Fsp3) is 0.636. The number of aryl methyl sites for hydroxylation is 1. The Hall–Kier alpha value is -0.560. The number of likely N-dealkylation sites (N-methyl/N-ethyl adjacent to an activating group) is 1. The van der Waals surface area contributed by atoms with Gasteiger partial charge in [0.25, 0.3) is 0 Å². The fourth-order valence-electron chi connectivity index (χ4n) is 1.49. The molecule has 7 heteroatoms. The summed E-state index contributed by atoms with van der Waals surface area (Å²) in [6.45, 7) is 3.18. The molecule has 0 atom stereocenters. The Morgan fingerprint density at radius 3 is 2.67 bits per heavy atom. The second-order valence-electron chi connectivity index (χ2n) is 3.94. The molecule has 1 aromatic heterocycles. The third-order valence-corrected chi connectivity index (χ3v) is 4.78.